The van der Waals surface area contributed by atoms with E-state index in [0.29, 0.717) is 28.3 Å². The summed E-state index contributed by atoms with van der Waals surface area (Å²) in [7, 11) is 0. The molecule has 5 aliphatic rings. The molecule has 3 fully saturated rings. The third-order valence-corrected chi connectivity index (χ3v) is 12.8. The highest BCUT2D eigenvalue weighted by molar-refractivity contribution is 7.16. The molecular weight excluding hydrogens is 595 g/mol. The number of anilines is 2. The first-order chi connectivity index (χ1) is 22.5. The van der Waals surface area contributed by atoms with E-state index in [1.54, 1.807) is 11.3 Å². The molecule has 0 amide bonds. The Morgan fingerprint density at radius 2 is 1.91 bits per heavy atom. The van der Waals surface area contributed by atoms with Gasteiger partial charge >= 0.3 is 0 Å². The number of aromatic nitrogens is 5. The minimum absolute atomic E-state index is 0.208. The van der Waals surface area contributed by atoms with Crippen LogP contribution in [0.2, 0.25) is 0 Å². The minimum atomic E-state index is -0.369. The Kier molecular flexibility index (Phi) is 6.73. The van der Waals surface area contributed by atoms with Gasteiger partial charge in [-0.05, 0) is 102 Å². The van der Waals surface area contributed by atoms with Crippen molar-refractivity contribution in [2.45, 2.75) is 114 Å². The summed E-state index contributed by atoms with van der Waals surface area (Å²) in [5, 5.41) is 21.6. The topological polar surface area (TPSA) is 126 Å². The molecule has 2 aliphatic heterocycles. The van der Waals surface area contributed by atoms with Crippen molar-refractivity contribution < 1.29 is 4.52 Å². The minimum Gasteiger partial charge on any atom is -0.389 e. The van der Waals surface area contributed by atoms with E-state index in [-0.39, 0.29) is 11.5 Å². The maximum atomic E-state index is 10.2. The number of likely N-dealkylation sites (tertiary alicyclic amines) is 1. The zero-order valence-corrected chi connectivity index (χ0v) is 27.8. The molecule has 46 heavy (non-hydrogen) atoms. The van der Waals surface area contributed by atoms with Crippen LogP contribution in [0.1, 0.15) is 111 Å². The number of nitriles is 1. The van der Waals surface area contributed by atoms with Crippen LogP contribution in [-0.4, -0.2) is 61.5 Å². The third-order valence-electron chi connectivity index (χ3n) is 11.8. The van der Waals surface area contributed by atoms with Crippen molar-refractivity contribution in [2.75, 3.05) is 30.3 Å². The highest BCUT2D eigenvalue weighted by Crippen LogP contribution is 2.55. The fourth-order valence-electron chi connectivity index (χ4n) is 9.51. The second kappa shape index (κ2) is 10.8. The Morgan fingerprint density at radius 3 is 2.72 bits per heavy atom. The van der Waals surface area contributed by atoms with Crippen molar-refractivity contribution in [3.63, 3.8) is 0 Å². The summed E-state index contributed by atoms with van der Waals surface area (Å²) in [6.07, 6.45) is 15.2. The number of aryl methyl sites for hydroxylation is 1. The summed E-state index contributed by atoms with van der Waals surface area (Å²) in [5.41, 5.74) is 10.5. The maximum absolute atomic E-state index is 10.2. The molecule has 6 heterocycles. The Morgan fingerprint density at radius 1 is 1.09 bits per heavy atom. The molecule has 10 nitrogen and oxygen atoms in total. The van der Waals surface area contributed by atoms with Gasteiger partial charge in [-0.15, -0.1) is 11.3 Å². The molecule has 4 aromatic heterocycles. The highest BCUT2D eigenvalue weighted by Gasteiger charge is 2.49. The van der Waals surface area contributed by atoms with Gasteiger partial charge in [-0.3, -0.25) is 4.90 Å². The summed E-state index contributed by atoms with van der Waals surface area (Å²) >= 11 is 1.58. The van der Waals surface area contributed by atoms with Gasteiger partial charge in [-0.25, -0.2) is 14.6 Å². The predicted molar refractivity (Wildman–Crippen MR) is 179 cm³/mol. The van der Waals surface area contributed by atoms with Crippen molar-refractivity contribution in [3.05, 3.63) is 33.5 Å². The van der Waals surface area contributed by atoms with Gasteiger partial charge in [0.25, 0.3) is 0 Å². The van der Waals surface area contributed by atoms with Crippen LogP contribution in [0.5, 0.6) is 0 Å². The van der Waals surface area contributed by atoms with Crippen LogP contribution in [-0.2, 0) is 18.3 Å². The van der Waals surface area contributed by atoms with Crippen LogP contribution in [0, 0.1) is 17.2 Å². The number of thiophene rings is 1. The Balaban J connectivity index is 1.19. The quantitative estimate of drug-likeness (QED) is 0.265. The van der Waals surface area contributed by atoms with E-state index in [1.165, 1.54) is 43.5 Å². The standard InChI is InChI=1S/C35H43N9OS/c1-20-7-5-15-42(19-20)33-25-18-38-44(21(2)26-9-6-16-43(26)22-11-12-22)34(25)40-32(39-33)29-23-8-3-13-35(30(23)45-41-29)14-4-10-27-28(35)24(17-36)31(37)46-27/h18,20-22,26H,3-16,19,37H2,1-2H3/t20-,21-,26-,35-/m0/s1. The molecule has 0 radical (unpaired) electrons. The van der Waals surface area contributed by atoms with Gasteiger partial charge < -0.3 is 15.2 Å². The van der Waals surface area contributed by atoms with E-state index in [0.717, 1.165) is 104 Å². The highest BCUT2D eigenvalue weighted by atomic mass is 32.1. The molecule has 2 saturated heterocycles. The number of nitrogen functional groups attached to an aromatic ring is 1. The fourth-order valence-corrected chi connectivity index (χ4v) is 10.7. The summed E-state index contributed by atoms with van der Waals surface area (Å²) < 4.78 is 8.56. The van der Waals surface area contributed by atoms with Gasteiger partial charge in [-0.2, -0.15) is 10.4 Å². The molecule has 240 valence electrons. The SMILES string of the molecule is C[C@H]1CCCN(c2nc(-c3noc4c3CCC[C@@]43CCCc4sc(N)c(C#N)c43)nc3c2cnn3[C@@H](C)[C@@H]2CCCN2C2CC2)C1. The summed E-state index contributed by atoms with van der Waals surface area (Å²) in [6, 6.07) is 3.86. The fraction of sp³-hybridized carbons (Fsp3) is 0.629. The molecular formula is C35H43N9OS. The average Bonchev–Trinajstić information content (AvgIpc) is 3.40. The average molecular weight is 638 g/mol. The van der Waals surface area contributed by atoms with E-state index in [1.807, 2.05) is 6.20 Å². The second-order valence-electron chi connectivity index (χ2n) is 14.7. The van der Waals surface area contributed by atoms with Crippen LogP contribution >= 0.6 is 11.3 Å². The zero-order valence-electron chi connectivity index (χ0n) is 27.0. The van der Waals surface area contributed by atoms with E-state index in [9.17, 15) is 5.26 Å². The van der Waals surface area contributed by atoms with Crippen molar-refractivity contribution >= 4 is 33.2 Å². The lowest BCUT2D eigenvalue weighted by Crippen LogP contribution is -2.37. The molecule has 3 aliphatic carbocycles. The van der Waals surface area contributed by atoms with E-state index in [2.05, 4.69) is 34.4 Å². The van der Waals surface area contributed by atoms with Gasteiger partial charge in [0.15, 0.2) is 22.9 Å². The Hall–Kier alpha value is -3.49. The molecule has 4 aromatic rings. The van der Waals surface area contributed by atoms with Crippen molar-refractivity contribution in [1.29, 1.82) is 5.26 Å². The van der Waals surface area contributed by atoms with Gasteiger partial charge in [-0.1, -0.05) is 12.1 Å². The van der Waals surface area contributed by atoms with Crippen LogP contribution in [0.25, 0.3) is 22.6 Å². The monoisotopic (exact) mass is 637 g/mol. The molecule has 2 N–H and O–H groups in total. The van der Waals surface area contributed by atoms with E-state index >= 15 is 0 Å². The summed E-state index contributed by atoms with van der Waals surface area (Å²) in [6.45, 7) is 7.80. The molecule has 1 saturated carbocycles. The molecule has 4 atom stereocenters. The third kappa shape index (κ3) is 4.28. The summed E-state index contributed by atoms with van der Waals surface area (Å²) in [5.74, 6) is 3.10. The first kappa shape index (κ1) is 28.7. The second-order valence-corrected chi connectivity index (χ2v) is 15.8. The largest absolute Gasteiger partial charge is 0.389 e. The van der Waals surface area contributed by atoms with Crippen LogP contribution in [0.3, 0.4) is 0 Å². The van der Waals surface area contributed by atoms with Crippen molar-refractivity contribution in [2.24, 2.45) is 5.92 Å². The molecule has 1 spiro atoms. The van der Waals surface area contributed by atoms with Gasteiger partial charge in [0.1, 0.15) is 16.9 Å². The number of hydrogen-bond acceptors (Lipinski definition) is 10. The van der Waals surface area contributed by atoms with Gasteiger partial charge in [0.05, 0.1) is 28.6 Å². The predicted octanol–water partition coefficient (Wildman–Crippen LogP) is 6.38. The molecule has 0 aromatic carbocycles. The number of rotatable bonds is 5. The lowest BCUT2D eigenvalue weighted by Gasteiger charge is -2.39. The first-order valence-electron chi connectivity index (χ1n) is 17.5. The van der Waals surface area contributed by atoms with Crippen molar-refractivity contribution in [3.8, 4) is 17.6 Å². The number of piperidine rings is 1. The molecule has 9 rings (SSSR count). The lowest BCUT2D eigenvalue weighted by atomic mass is 9.63. The van der Waals surface area contributed by atoms with Crippen molar-refractivity contribution in [1.82, 2.24) is 29.8 Å². The lowest BCUT2D eigenvalue weighted by molar-refractivity contribution is 0.186. The zero-order chi connectivity index (χ0) is 31.2. The Labute approximate surface area is 273 Å². The van der Waals surface area contributed by atoms with Crippen LogP contribution < -0.4 is 10.6 Å². The molecule has 11 heteroatoms. The number of nitrogens with two attached hydrogens (primary N) is 1. The maximum Gasteiger partial charge on any atom is 0.186 e. The van der Waals surface area contributed by atoms with E-state index < -0.39 is 0 Å². The van der Waals surface area contributed by atoms with E-state index in [4.69, 9.17) is 30.5 Å². The number of nitrogens with zero attached hydrogens (tertiary/aromatic N) is 8. The van der Waals surface area contributed by atoms with Crippen LogP contribution in [0.15, 0.2) is 10.7 Å². The summed E-state index contributed by atoms with van der Waals surface area (Å²) in [4.78, 5) is 17.0. The number of hydrogen-bond donors (Lipinski definition) is 1. The number of fused-ring (bicyclic) bond motifs is 5. The molecule has 0 unspecified atom stereocenters. The first-order valence-corrected chi connectivity index (χ1v) is 18.4. The van der Waals surface area contributed by atoms with Crippen LogP contribution in [0.4, 0.5) is 10.8 Å². The molecule has 0 bridgehead atoms. The normalized spacial score (nSPS) is 27.2. The smallest absolute Gasteiger partial charge is 0.186 e. The Bertz CT molecular complexity index is 1860. The van der Waals surface area contributed by atoms with Gasteiger partial charge in [0.2, 0.25) is 0 Å². The van der Waals surface area contributed by atoms with Gasteiger partial charge in [0, 0.05) is 35.6 Å².